The first kappa shape index (κ1) is 16.2. The first-order chi connectivity index (χ1) is 12.2. The molecule has 126 valence electrons. The summed E-state index contributed by atoms with van der Waals surface area (Å²) in [5.74, 6) is 1.60. The zero-order valence-electron chi connectivity index (χ0n) is 13.5. The minimum Gasteiger partial charge on any atom is -0.362 e. The van der Waals surface area contributed by atoms with Crippen molar-refractivity contribution in [1.29, 1.82) is 0 Å². The second-order valence-corrected chi connectivity index (χ2v) is 7.33. The van der Waals surface area contributed by atoms with Gasteiger partial charge in [-0.15, -0.1) is 11.3 Å². The first-order valence-corrected chi connectivity index (χ1v) is 9.58. The van der Waals surface area contributed by atoms with Gasteiger partial charge in [-0.3, -0.25) is 0 Å². The summed E-state index contributed by atoms with van der Waals surface area (Å²) < 4.78 is 6.49. The molecule has 3 aromatic heterocycles. The molecule has 0 bridgehead atoms. The number of nitrogens with zero attached hydrogens (tertiary/aromatic N) is 3. The van der Waals surface area contributed by atoms with Crippen LogP contribution in [0.25, 0.3) is 21.5 Å². The minimum absolute atomic E-state index is 0.522. The van der Waals surface area contributed by atoms with Crippen molar-refractivity contribution in [3.63, 3.8) is 0 Å². The third-order valence-electron chi connectivity index (χ3n) is 3.96. The van der Waals surface area contributed by atoms with Crippen LogP contribution < -0.4 is 5.32 Å². The van der Waals surface area contributed by atoms with Crippen molar-refractivity contribution >= 4 is 43.3 Å². The fourth-order valence-electron chi connectivity index (χ4n) is 2.65. The van der Waals surface area contributed by atoms with E-state index in [1.807, 2.05) is 30.3 Å². The number of aromatic nitrogens is 3. The molecule has 5 nitrogen and oxygen atoms in total. The molecule has 0 radical (unpaired) electrons. The van der Waals surface area contributed by atoms with E-state index in [1.165, 1.54) is 5.56 Å². The molecular formula is C18H15BrN4OS. The lowest BCUT2D eigenvalue weighted by Crippen LogP contribution is -2.01. The van der Waals surface area contributed by atoms with Crippen LogP contribution in [0.1, 0.15) is 18.2 Å². The maximum absolute atomic E-state index is 5.46. The number of hydrogen-bond acceptors (Lipinski definition) is 6. The van der Waals surface area contributed by atoms with Gasteiger partial charge in [0, 0.05) is 16.1 Å². The van der Waals surface area contributed by atoms with Crippen LogP contribution in [0, 0.1) is 0 Å². The van der Waals surface area contributed by atoms with E-state index in [0.29, 0.717) is 6.54 Å². The molecule has 4 rings (SSSR count). The van der Waals surface area contributed by atoms with E-state index in [-0.39, 0.29) is 0 Å². The Labute approximate surface area is 157 Å². The highest BCUT2D eigenvalue weighted by molar-refractivity contribution is 9.10. The Kier molecular flexibility index (Phi) is 4.50. The quantitative estimate of drug-likeness (QED) is 0.480. The molecule has 0 saturated heterocycles. The maximum Gasteiger partial charge on any atom is 0.156 e. The number of fused-ring (bicyclic) bond motifs is 1. The highest BCUT2D eigenvalue weighted by Crippen LogP contribution is 2.30. The zero-order chi connectivity index (χ0) is 17.2. The average Bonchev–Trinajstić information content (AvgIpc) is 3.27. The number of hydrogen-bond donors (Lipinski definition) is 1. The molecule has 0 unspecified atom stereocenters. The van der Waals surface area contributed by atoms with Gasteiger partial charge < -0.3 is 9.84 Å². The van der Waals surface area contributed by atoms with E-state index in [0.717, 1.165) is 43.9 Å². The van der Waals surface area contributed by atoms with Crippen molar-refractivity contribution in [2.75, 3.05) is 5.32 Å². The molecule has 0 aliphatic carbocycles. The van der Waals surface area contributed by atoms with Crippen LogP contribution in [0.2, 0.25) is 0 Å². The number of halogens is 1. The van der Waals surface area contributed by atoms with Gasteiger partial charge in [0.15, 0.2) is 5.76 Å². The molecule has 0 fully saturated rings. The smallest absolute Gasteiger partial charge is 0.156 e. The molecule has 0 aliphatic rings. The van der Waals surface area contributed by atoms with E-state index >= 15 is 0 Å². The zero-order valence-corrected chi connectivity index (χ0v) is 15.9. The molecule has 0 amide bonds. The Balaban J connectivity index is 1.54. The number of benzene rings is 1. The van der Waals surface area contributed by atoms with E-state index < -0.39 is 0 Å². The Bertz CT molecular complexity index is 1010. The topological polar surface area (TPSA) is 63.8 Å². The van der Waals surface area contributed by atoms with Gasteiger partial charge in [0.25, 0.3) is 0 Å². The minimum atomic E-state index is 0.522. The van der Waals surface area contributed by atoms with E-state index in [1.54, 1.807) is 17.7 Å². The van der Waals surface area contributed by atoms with Crippen LogP contribution in [0.4, 0.5) is 5.82 Å². The monoisotopic (exact) mass is 414 g/mol. The predicted octanol–water partition coefficient (Wildman–Crippen LogP) is 5.28. The molecule has 0 atom stereocenters. The lowest BCUT2D eigenvalue weighted by Gasteiger charge is -2.05. The van der Waals surface area contributed by atoms with Gasteiger partial charge in [0.2, 0.25) is 0 Å². The predicted molar refractivity (Wildman–Crippen MR) is 104 cm³/mol. The Hall–Kier alpha value is -2.25. The fraction of sp³-hybridized carbons (Fsp3) is 0.167. The Morgan fingerprint density at radius 1 is 1.20 bits per heavy atom. The standard InChI is InChI=1S/C18H15BrN4OS/c1-2-11-9-25-18-16(11)17(21-10-22-18)20-8-14-7-15(23-24-14)12-3-5-13(19)6-4-12/h3-7,9-10H,2,8H2,1H3,(H,20,21,22). The van der Waals surface area contributed by atoms with E-state index in [9.17, 15) is 0 Å². The third-order valence-corrected chi connectivity index (χ3v) is 5.42. The number of rotatable bonds is 5. The lowest BCUT2D eigenvalue weighted by atomic mass is 10.1. The highest BCUT2D eigenvalue weighted by Gasteiger charge is 2.12. The van der Waals surface area contributed by atoms with Gasteiger partial charge in [0.1, 0.15) is 22.7 Å². The van der Waals surface area contributed by atoms with Gasteiger partial charge in [0.05, 0.1) is 11.9 Å². The number of thiophene rings is 1. The van der Waals surface area contributed by atoms with Crippen LogP contribution in [-0.4, -0.2) is 15.1 Å². The van der Waals surface area contributed by atoms with Gasteiger partial charge in [-0.05, 0) is 29.5 Å². The van der Waals surface area contributed by atoms with Crippen molar-refractivity contribution in [1.82, 2.24) is 15.1 Å². The largest absolute Gasteiger partial charge is 0.362 e. The number of anilines is 1. The lowest BCUT2D eigenvalue weighted by molar-refractivity contribution is 0.390. The fourth-order valence-corrected chi connectivity index (χ4v) is 3.91. The summed E-state index contributed by atoms with van der Waals surface area (Å²) in [5.41, 5.74) is 3.10. The highest BCUT2D eigenvalue weighted by atomic mass is 79.9. The number of nitrogens with one attached hydrogen (secondary N) is 1. The van der Waals surface area contributed by atoms with Crippen LogP contribution >= 0.6 is 27.3 Å². The van der Waals surface area contributed by atoms with Crippen molar-refractivity contribution in [3.8, 4) is 11.3 Å². The van der Waals surface area contributed by atoms with Crippen molar-refractivity contribution in [2.24, 2.45) is 0 Å². The molecular weight excluding hydrogens is 400 g/mol. The summed E-state index contributed by atoms with van der Waals surface area (Å²) in [6.07, 6.45) is 2.55. The summed E-state index contributed by atoms with van der Waals surface area (Å²) in [7, 11) is 0. The van der Waals surface area contributed by atoms with Gasteiger partial charge in [-0.1, -0.05) is 40.1 Å². The summed E-state index contributed by atoms with van der Waals surface area (Å²) >= 11 is 5.08. The van der Waals surface area contributed by atoms with Gasteiger partial charge in [-0.25, -0.2) is 9.97 Å². The van der Waals surface area contributed by atoms with Crippen molar-refractivity contribution in [3.05, 3.63) is 57.8 Å². The van der Waals surface area contributed by atoms with Crippen molar-refractivity contribution in [2.45, 2.75) is 19.9 Å². The summed E-state index contributed by atoms with van der Waals surface area (Å²) in [5, 5.41) is 10.7. The second-order valence-electron chi connectivity index (χ2n) is 5.56. The second kappa shape index (κ2) is 6.93. The molecule has 0 saturated carbocycles. The molecule has 0 spiro atoms. The molecule has 4 aromatic rings. The van der Waals surface area contributed by atoms with Crippen LogP contribution in [0.5, 0.6) is 0 Å². The molecule has 25 heavy (non-hydrogen) atoms. The van der Waals surface area contributed by atoms with Crippen LogP contribution in [0.15, 0.2) is 51.0 Å². The molecule has 1 N–H and O–H groups in total. The normalized spacial score (nSPS) is 11.1. The first-order valence-electron chi connectivity index (χ1n) is 7.91. The summed E-state index contributed by atoms with van der Waals surface area (Å²) in [6, 6.07) is 9.94. The van der Waals surface area contributed by atoms with E-state index in [4.69, 9.17) is 4.52 Å². The molecule has 3 heterocycles. The SMILES string of the molecule is CCc1csc2ncnc(NCc3cc(-c4ccc(Br)cc4)no3)c12. The van der Waals surface area contributed by atoms with Crippen LogP contribution in [0.3, 0.4) is 0 Å². The average molecular weight is 415 g/mol. The molecule has 0 aliphatic heterocycles. The maximum atomic E-state index is 5.46. The van der Waals surface area contributed by atoms with Crippen molar-refractivity contribution < 1.29 is 4.52 Å². The molecule has 7 heteroatoms. The summed E-state index contributed by atoms with van der Waals surface area (Å²) in [4.78, 5) is 9.74. The third kappa shape index (κ3) is 3.29. The Morgan fingerprint density at radius 3 is 2.84 bits per heavy atom. The summed E-state index contributed by atoms with van der Waals surface area (Å²) in [6.45, 7) is 2.66. The number of aryl methyl sites for hydroxylation is 1. The van der Waals surface area contributed by atoms with Gasteiger partial charge >= 0.3 is 0 Å². The van der Waals surface area contributed by atoms with Crippen LogP contribution in [-0.2, 0) is 13.0 Å². The van der Waals surface area contributed by atoms with E-state index in [2.05, 4.69) is 48.7 Å². The molecule has 1 aromatic carbocycles. The Morgan fingerprint density at radius 2 is 2.04 bits per heavy atom. The van der Waals surface area contributed by atoms with Gasteiger partial charge in [-0.2, -0.15) is 0 Å².